The van der Waals surface area contributed by atoms with Crippen molar-refractivity contribution in [1.82, 2.24) is 15.5 Å². The van der Waals surface area contributed by atoms with Crippen LogP contribution in [-0.2, 0) is 11.2 Å². The number of hydrogen-bond donors (Lipinski definition) is 2. The topological polar surface area (TPSA) is 58.1 Å². The molecule has 0 aliphatic carbocycles. The lowest BCUT2D eigenvalue weighted by Crippen LogP contribution is -2.48. The van der Waals surface area contributed by atoms with E-state index in [0.29, 0.717) is 6.04 Å². The fourth-order valence-corrected chi connectivity index (χ4v) is 4.76. The minimum Gasteiger partial charge on any atom is -0.497 e. The van der Waals surface area contributed by atoms with E-state index in [4.69, 9.17) is 9.47 Å². The molecule has 3 rings (SSSR count). The highest BCUT2D eigenvalue weighted by Crippen LogP contribution is 2.23. The van der Waals surface area contributed by atoms with Crippen molar-refractivity contribution >= 4 is 17.3 Å². The zero-order valence-electron chi connectivity index (χ0n) is 18.5. The smallest absolute Gasteiger partial charge is 0.191 e. The van der Waals surface area contributed by atoms with Crippen LogP contribution in [0, 0.1) is 6.92 Å². The highest BCUT2D eigenvalue weighted by Gasteiger charge is 2.23. The number of rotatable bonds is 8. The first kappa shape index (κ1) is 22.6. The van der Waals surface area contributed by atoms with Gasteiger partial charge in [-0.2, -0.15) is 0 Å². The van der Waals surface area contributed by atoms with E-state index < -0.39 is 0 Å². The quantitative estimate of drug-likeness (QED) is 0.497. The van der Waals surface area contributed by atoms with E-state index in [0.717, 1.165) is 51.0 Å². The maximum absolute atomic E-state index is 5.56. The maximum Gasteiger partial charge on any atom is 0.191 e. The highest BCUT2D eigenvalue weighted by molar-refractivity contribution is 7.11. The van der Waals surface area contributed by atoms with E-state index in [9.17, 15) is 0 Å². The Kier molecular flexibility index (Phi) is 8.54. The number of ether oxygens (including phenoxy) is 2. The van der Waals surface area contributed by atoms with Gasteiger partial charge in [0.15, 0.2) is 5.96 Å². The van der Waals surface area contributed by atoms with Crippen molar-refractivity contribution in [3.63, 3.8) is 0 Å². The van der Waals surface area contributed by atoms with Gasteiger partial charge in [-0.15, -0.1) is 11.3 Å². The van der Waals surface area contributed by atoms with Crippen LogP contribution in [0.5, 0.6) is 5.75 Å². The SMILES string of the molecule is CN=C(NCC(c1ccc(OC)cc1)N1CCOCC1)NC(C)Cc1ccc(C)s1. The summed E-state index contributed by atoms with van der Waals surface area (Å²) >= 11 is 1.86. The lowest BCUT2D eigenvalue weighted by atomic mass is 10.0. The van der Waals surface area contributed by atoms with Crippen LogP contribution in [0.4, 0.5) is 0 Å². The number of benzene rings is 1. The molecule has 1 aliphatic rings. The van der Waals surface area contributed by atoms with E-state index in [1.807, 2.05) is 30.5 Å². The molecule has 2 heterocycles. The Bertz CT molecular complexity index is 800. The molecule has 2 unspecified atom stereocenters. The predicted molar refractivity (Wildman–Crippen MR) is 125 cm³/mol. The van der Waals surface area contributed by atoms with Gasteiger partial charge in [0.25, 0.3) is 0 Å². The van der Waals surface area contributed by atoms with Crippen LogP contribution >= 0.6 is 11.3 Å². The van der Waals surface area contributed by atoms with Crippen LogP contribution in [0.1, 0.15) is 28.3 Å². The molecule has 1 fully saturated rings. The molecular formula is C23H34N4O2S. The number of methoxy groups -OCH3 is 1. The normalized spacial score (nSPS) is 17.4. The van der Waals surface area contributed by atoms with Crippen LogP contribution in [0.15, 0.2) is 41.4 Å². The van der Waals surface area contributed by atoms with Crippen molar-refractivity contribution in [3.8, 4) is 5.75 Å². The number of morpholine rings is 1. The van der Waals surface area contributed by atoms with Gasteiger partial charge in [-0.05, 0) is 43.7 Å². The molecule has 0 radical (unpaired) electrons. The van der Waals surface area contributed by atoms with Gasteiger partial charge >= 0.3 is 0 Å². The van der Waals surface area contributed by atoms with Gasteiger partial charge in [-0.1, -0.05) is 12.1 Å². The summed E-state index contributed by atoms with van der Waals surface area (Å²) in [4.78, 5) is 9.67. The molecule has 0 saturated carbocycles. The van der Waals surface area contributed by atoms with Crippen LogP contribution < -0.4 is 15.4 Å². The number of hydrogen-bond acceptors (Lipinski definition) is 5. The van der Waals surface area contributed by atoms with Gasteiger partial charge in [0.05, 0.1) is 26.4 Å². The number of thiophene rings is 1. The van der Waals surface area contributed by atoms with E-state index >= 15 is 0 Å². The summed E-state index contributed by atoms with van der Waals surface area (Å²) in [6, 6.07) is 13.3. The Morgan fingerprint density at radius 2 is 1.93 bits per heavy atom. The van der Waals surface area contributed by atoms with Crippen molar-refractivity contribution in [1.29, 1.82) is 0 Å². The average molecular weight is 431 g/mol. The molecule has 1 saturated heterocycles. The van der Waals surface area contributed by atoms with Crippen LogP contribution in [0.25, 0.3) is 0 Å². The monoisotopic (exact) mass is 430 g/mol. The standard InChI is InChI=1S/C23H34N4O2S/c1-17(15-21-10-5-18(2)30-21)26-23(24-3)25-16-22(27-11-13-29-14-12-27)19-6-8-20(28-4)9-7-19/h5-10,17,22H,11-16H2,1-4H3,(H2,24,25,26). The predicted octanol–water partition coefficient (Wildman–Crippen LogP) is 3.23. The number of aryl methyl sites for hydroxylation is 1. The highest BCUT2D eigenvalue weighted by atomic mass is 32.1. The molecule has 2 N–H and O–H groups in total. The number of guanidine groups is 1. The summed E-state index contributed by atoms with van der Waals surface area (Å²) in [5.74, 6) is 1.71. The molecule has 1 aliphatic heterocycles. The zero-order chi connectivity index (χ0) is 21.3. The zero-order valence-corrected chi connectivity index (χ0v) is 19.3. The van der Waals surface area contributed by atoms with Crippen LogP contribution in [0.2, 0.25) is 0 Å². The minimum atomic E-state index is 0.244. The molecule has 30 heavy (non-hydrogen) atoms. The number of aliphatic imine (C=N–C) groups is 1. The van der Waals surface area contributed by atoms with Crippen molar-refractivity contribution in [2.45, 2.75) is 32.4 Å². The fraction of sp³-hybridized carbons (Fsp3) is 0.522. The van der Waals surface area contributed by atoms with E-state index in [1.165, 1.54) is 15.3 Å². The summed E-state index contributed by atoms with van der Waals surface area (Å²) in [5, 5.41) is 7.08. The first-order chi connectivity index (χ1) is 14.6. The summed E-state index contributed by atoms with van der Waals surface area (Å²) in [6.45, 7) is 8.53. The molecule has 0 spiro atoms. The Balaban J connectivity index is 1.62. The maximum atomic E-state index is 5.56. The second-order valence-electron chi connectivity index (χ2n) is 7.65. The second-order valence-corrected chi connectivity index (χ2v) is 9.02. The molecule has 0 bridgehead atoms. The Morgan fingerprint density at radius 3 is 2.53 bits per heavy atom. The van der Waals surface area contributed by atoms with E-state index in [1.54, 1.807) is 7.11 Å². The largest absolute Gasteiger partial charge is 0.497 e. The molecule has 164 valence electrons. The average Bonchev–Trinajstić information content (AvgIpc) is 3.18. The second kappa shape index (κ2) is 11.3. The van der Waals surface area contributed by atoms with Crippen molar-refractivity contribution in [2.24, 2.45) is 4.99 Å². The summed E-state index contributed by atoms with van der Waals surface area (Å²) < 4.78 is 10.9. The number of nitrogens with zero attached hydrogens (tertiary/aromatic N) is 2. The molecule has 1 aromatic carbocycles. The van der Waals surface area contributed by atoms with Crippen molar-refractivity contribution in [3.05, 3.63) is 51.7 Å². The third kappa shape index (κ3) is 6.45. The van der Waals surface area contributed by atoms with Gasteiger partial charge in [0.1, 0.15) is 5.75 Å². The lowest BCUT2D eigenvalue weighted by molar-refractivity contribution is 0.0170. The van der Waals surface area contributed by atoms with Crippen molar-refractivity contribution in [2.75, 3.05) is 47.0 Å². The van der Waals surface area contributed by atoms with Gasteiger partial charge < -0.3 is 20.1 Å². The van der Waals surface area contributed by atoms with Gasteiger partial charge in [0.2, 0.25) is 0 Å². The third-order valence-electron chi connectivity index (χ3n) is 5.36. The van der Waals surface area contributed by atoms with Gasteiger partial charge in [-0.3, -0.25) is 9.89 Å². The van der Waals surface area contributed by atoms with Crippen LogP contribution in [-0.4, -0.2) is 63.9 Å². The Hall–Kier alpha value is -2.09. The molecular weight excluding hydrogens is 396 g/mol. The minimum absolute atomic E-state index is 0.244. The first-order valence-electron chi connectivity index (χ1n) is 10.6. The molecule has 6 nitrogen and oxygen atoms in total. The van der Waals surface area contributed by atoms with Crippen LogP contribution in [0.3, 0.4) is 0 Å². The van der Waals surface area contributed by atoms with Gasteiger partial charge in [-0.25, -0.2) is 0 Å². The Labute approximate surface area is 184 Å². The lowest BCUT2D eigenvalue weighted by Gasteiger charge is -2.35. The third-order valence-corrected chi connectivity index (χ3v) is 6.38. The molecule has 7 heteroatoms. The summed E-state index contributed by atoms with van der Waals surface area (Å²) in [7, 11) is 3.53. The van der Waals surface area contributed by atoms with E-state index in [-0.39, 0.29) is 6.04 Å². The van der Waals surface area contributed by atoms with Gasteiger partial charge in [0, 0.05) is 48.9 Å². The molecule has 2 aromatic rings. The number of nitrogens with one attached hydrogen (secondary N) is 2. The Morgan fingerprint density at radius 1 is 1.20 bits per heavy atom. The summed E-state index contributed by atoms with van der Waals surface area (Å²) in [5.41, 5.74) is 1.27. The van der Waals surface area contributed by atoms with Crippen molar-refractivity contribution < 1.29 is 9.47 Å². The first-order valence-corrected chi connectivity index (χ1v) is 11.4. The molecule has 0 amide bonds. The summed E-state index contributed by atoms with van der Waals surface area (Å²) in [6.07, 6.45) is 0.991. The van der Waals surface area contributed by atoms with E-state index in [2.05, 4.69) is 58.6 Å². The molecule has 1 aromatic heterocycles. The fourth-order valence-electron chi connectivity index (χ4n) is 3.74. The molecule has 2 atom stereocenters.